The highest BCUT2D eigenvalue weighted by Crippen LogP contribution is 2.17. The highest BCUT2D eigenvalue weighted by atomic mass is 19.1. The first-order valence-corrected chi connectivity index (χ1v) is 7.92. The highest BCUT2D eigenvalue weighted by molar-refractivity contribution is 5.95. The molecule has 26 heavy (non-hydrogen) atoms. The van der Waals surface area contributed by atoms with E-state index in [1.807, 2.05) is 0 Å². The summed E-state index contributed by atoms with van der Waals surface area (Å²) in [5.74, 6) is -1.50. The van der Waals surface area contributed by atoms with Crippen LogP contribution < -0.4 is 10.2 Å². The minimum atomic E-state index is -0.472. The Bertz CT molecular complexity index is 805. The van der Waals surface area contributed by atoms with E-state index in [0.717, 1.165) is 0 Å². The number of nitrogens with zero attached hydrogens (tertiary/aromatic N) is 1. The molecule has 0 aliphatic rings. The number of halogens is 1. The third-order valence-electron chi connectivity index (χ3n) is 3.65. The predicted molar refractivity (Wildman–Crippen MR) is 95.5 cm³/mol. The van der Waals surface area contributed by atoms with Crippen LogP contribution in [0.1, 0.15) is 23.7 Å². The van der Waals surface area contributed by atoms with Gasteiger partial charge in [0.1, 0.15) is 5.82 Å². The van der Waals surface area contributed by atoms with Crippen LogP contribution in [0.3, 0.4) is 0 Å². The van der Waals surface area contributed by atoms with Crippen molar-refractivity contribution in [1.29, 1.82) is 0 Å². The molecule has 2 aromatic rings. The molecule has 2 rings (SSSR count). The maximum absolute atomic E-state index is 13.1. The number of carbonyl (C=O) groups is 3. The van der Waals surface area contributed by atoms with Gasteiger partial charge in [-0.05, 0) is 42.5 Å². The lowest BCUT2D eigenvalue weighted by atomic mass is 10.2. The zero-order chi connectivity index (χ0) is 19.1. The molecular weight excluding hydrogens is 339 g/mol. The Balaban J connectivity index is 2.00. The van der Waals surface area contributed by atoms with E-state index in [1.165, 1.54) is 37.1 Å². The molecule has 0 spiro atoms. The monoisotopic (exact) mass is 358 g/mol. The highest BCUT2D eigenvalue weighted by Gasteiger charge is 2.15. The lowest BCUT2D eigenvalue weighted by Gasteiger charge is -2.21. The number of nitrogens with one attached hydrogen (secondary N) is 1. The lowest BCUT2D eigenvalue weighted by Crippen LogP contribution is -2.32. The van der Waals surface area contributed by atoms with Gasteiger partial charge in [0.25, 0.3) is 0 Å². The zero-order valence-electron chi connectivity index (χ0n) is 14.5. The number of anilines is 2. The largest absolute Gasteiger partial charge is 0.465 e. The Labute approximate surface area is 150 Å². The fourth-order valence-corrected chi connectivity index (χ4v) is 2.37. The van der Waals surface area contributed by atoms with Crippen molar-refractivity contribution in [2.24, 2.45) is 0 Å². The van der Waals surface area contributed by atoms with Crippen molar-refractivity contribution in [1.82, 2.24) is 0 Å². The van der Waals surface area contributed by atoms with Crippen molar-refractivity contribution in [3.63, 3.8) is 0 Å². The van der Waals surface area contributed by atoms with Gasteiger partial charge in [-0.25, -0.2) is 9.18 Å². The molecule has 0 atom stereocenters. The Hall–Kier alpha value is -3.22. The summed E-state index contributed by atoms with van der Waals surface area (Å²) < 4.78 is 17.8. The van der Waals surface area contributed by atoms with Gasteiger partial charge in [0.15, 0.2) is 0 Å². The molecule has 0 unspecified atom stereocenters. The van der Waals surface area contributed by atoms with Gasteiger partial charge in [0.05, 0.1) is 12.7 Å². The summed E-state index contributed by atoms with van der Waals surface area (Å²) in [7, 11) is 1.29. The maximum atomic E-state index is 13.1. The molecule has 0 saturated carbocycles. The summed E-state index contributed by atoms with van der Waals surface area (Å²) in [6, 6.07) is 11.9. The van der Waals surface area contributed by atoms with Crippen molar-refractivity contribution in [3.8, 4) is 0 Å². The molecule has 1 N–H and O–H groups in total. The molecular formula is C19H19FN2O4. The van der Waals surface area contributed by atoms with Crippen LogP contribution in [0.15, 0.2) is 48.5 Å². The number of rotatable bonds is 6. The third-order valence-corrected chi connectivity index (χ3v) is 3.65. The molecule has 0 aliphatic carbocycles. The molecule has 136 valence electrons. The van der Waals surface area contributed by atoms with E-state index in [9.17, 15) is 18.8 Å². The second-order valence-electron chi connectivity index (χ2n) is 5.52. The van der Waals surface area contributed by atoms with Crippen LogP contribution in [0.2, 0.25) is 0 Å². The molecule has 0 aromatic heterocycles. The maximum Gasteiger partial charge on any atom is 0.337 e. The molecule has 0 fully saturated rings. The van der Waals surface area contributed by atoms with E-state index in [2.05, 4.69) is 10.1 Å². The van der Waals surface area contributed by atoms with Crippen molar-refractivity contribution in [3.05, 3.63) is 59.9 Å². The van der Waals surface area contributed by atoms with E-state index in [-0.39, 0.29) is 24.8 Å². The van der Waals surface area contributed by atoms with Crippen LogP contribution in [0, 0.1) is 5.82 Å². The summed E-state index contributed by atoms with van der Waals surface area (Å²) in [5, 5.41) is 2.58. The smallest absolute Gasteiger partial charge is 0.337 e. The number of ether oxygens (including phenoxy) is 1. The molecule has 0 radical (unpaired) electrons. The number of carbonyl (C=O) groups excluding carboxylic acids is 3. The van der Waals surface area contributed by atoms with Crippen molar-refractivity contribution in [2.45, 2.75) is 13.3 Å². The quantitative estimate of drug-likeness (QED) is 0.806. The van der Waals surface area contributed by atoms with Gasteiger partial charge in [-0.15, -0.1) is 0 Å². The Morgan fingerprint density at radius 3 is 2.38 bits per heavy atom. The van der Waals surface area contributed by atoms with Gasteiger partial charge in [-0.1, -0.05) is 6.07 Å². The minimum absolute atomic E-state index is 0.0366. The molecule has 0 saturated heterocycles. The second-order valence-corrected chi connectivity index (χ2v) is 5.52. The number of hydrogen-bond donors (Lipinski definition) is 1. The summed E-state index contributed by atoms with van der Waals surface area (Å²) in [6.07, 6.45) is 0.0366. The summed E-state index contributed by atoms with van der Waals surface area (Å²) in [4.78, 5) is 36.8. The number of hydrogen-bond acceptors (Lipinski definition) is 4. The van der Waals surface area contributed by atoms with Crippen LogP contribution in [0.5, 0.6) is 0 Å². The van der Waals surface area contributed by atoms with E-state index in [1.54, 1.807) is 30.3 Å². The van der Waals surface area contributed by atoms with Gasteiger partial charge in [0, 0.05) is 31.3 Å². The average molecular weight is 358 g/mol. The van der Waals surface area contributed by atoms with Crippen LogP contribution in [0.25, 0.3) is 0 Å². The first kappa shape index (κ1) is 19.1. The van der Waals surface area contributed by atoms with Gasteiger partial charge in [0.2, 0.25) is 11.8 Å². The molecule has 0 heterocycles. The fourth-order valence-electron chi connectivity index (χ4n) is 2.37. The van der Waals surface area contributed by atoms with E-state index in [0.29, 0.717) is 16.9 Å². The molecule has 2 aromatic carbocycles. The third kappa shape index (κ3) is 5.14. The minimum Gasteiger partial charge on any atom is -0.465 e. The topological polar surface area (TPSA) is 75.7 Å². The molecule has 7 heteroatoms. The first-order chi connectivity index (χ1) is 12.4. The van der Waals surface area contributed by atoms with E-state index in [4.69, 9.17) is 0 Å². The summed E-state index contributed by atoms with van der Waals surface area (Å²) in [6.45, 7) is 1.53. The van der Waals surface area contributed by atoms with Gasteiger partial charge in [-0.3, -0.25) is 9.59 Å². The number of methoxy groups -OCH3 is 1. The Morgan fingerprint density at radius 1 is 1.12 bits per heavy atom. The SMILES string of the molecule is COC(=O)c1ccc(N(CCC(=O)Nc2cccc(F)c2)C(C)=O)cc1. The number of esters is 1. The Morgan fingerprint density at radius 2 is 1.81 bits per heavy atom. The predicted octanol–water partition coefficient (Wildman–Crippen LogP) is 2.99. The normalized spacial score (nSPS) is 10.1. The number of amides is 2. The van der Waals surface area contributed by atoms with Crippen LogP contribution in [-0.4, -0.2) is 31.4 Å². The zero-order valence-corrected chi connectivity index (χ0v) is 14.5. The molecule has 0 bridgehead atoms. The molecule has 6 nitrogen and oxygen atoms in total. The second kappa shape index (κ2) is 8.75. The summed E-state index contributed by atoms with van der Waals surface area (Å²) in [5.41, 5.74) is 1.28. The van der Waals surface area contributed by atoms with Crippen molar-refractivity contribution < 1.29 is 23.5 Å². The van der Waals surface area contributed by atoms with Crippen molar-refractivity contribution >= 4 is 29.2 Å². The summed E-state index contributed by atoms with van der Waals surface area (Å²) >= 11 is 0. The average Bonchev–Trinajstić information content (AvgIpc) is 2.61. The van der Waals surface area contributed by atoms with Crippen LogP contribution in [0.4, 0.5) is 15.8 Å². The van der Waals surface area contributed by atoms with E-state index < -0.39 is 11.8 Å². The van der Waals surface area contributed by atoms with Crippen LogP contribution in [-0.2, 0) is 14.3 Å². The van der Waals surface area contributed by atoms with Crippen LogP contribution >= 0.6 is 0 Å². The van der Waals surface area contributed by atoms with Crippen molar-refractivity contribution in [2.75, 3.05) is 23.9 Å². The van der Waals surface area contributed by atoms with Gasteiger partial charge < -0.3 is 15.0 Å². The number of benzene rings is 2. The lowest BCUT2D eigenvalue weighted by molar-refractivity contribution is -0.117. The molecule has 0 aliphatic heterocycles. The first-order valence-electron chi connectivity index (χ1n) is 7.92. The Kier molecular flexibility index (Phi) is 6.43. The van der Waals surface area contributed by atoms with Gasteiger partial charge >= 0.3 is 5.97 Å². The van der Waals surface area contributed by atoms with E-state index >= 15 is 0 Å². The molecule has 2 amide bonds. The standard InChI is InChI=1S/C19H19FN2O4/c1-13(23)22(17-8-6-14(7-9-17)19(25)26-2)11-10-18(24)21-16-5-3-4-15(20)12-16/h3-9,12H,10-11H2,1-2H3,(H,21,24). The fraction of sp³-hybridized carbons (Fsp3) is 0.211. The van der Waals surface area contributed by atoms with Gasteiger partial charge in [-0.2, -0.15) is 0 Å².